The molecule has 0 aliphatic rings. The summed E-state index contributed by atoms with van der Waals surface area (Å²) >= 11 is 4.57. The molecule has 0 saturated heterocycles. The zero-order chi connectivity index (χ0) is 26.4. The molecule has 1 N–H and O–H groups in total. The van der Waals surface area contributed by atoms with Crippen LogP contribution in [0.25, 0.3) is 17.3 Å². The van der Waals surface area contributed by atoms with Gasteiger partial charge in [0, 0.05) is 10.0 Å². The highest BCUT2D eigenvalue weighted by molar-refractivity contribution is 9.10. The van der Waals surface area contributed by atoms with Crippen LogP contribution in [0.15, 0.2) is 88.1 Å². The number of hydrogen-bond acceptors (Lipinski definition) is 5. The molecule has 0 aliphatic heterocycles. The SMILES string of the molecule is CCOc1ccc(Br)cc1/C=c1/s/c(=C(/C#N)C(=O)N[C@H](C)c2ccccc2)n(-c2ccccc2)c1=O. The van der Waals surface area contributed by atoms with Gasteiger partial charge in [-0.2, -0.15) is 5.26 Å². The largest absolute Gasteiger partial charge is 0.493 e. The van der Waals surface area contributed by atoms with Gasteiger partial charge in [0.2, 0.25) is 0 Å². The zero-order valence-corrected chi connectivity index (χ0v) is 22.7. The van der Waals surface area contributed by atoms with E-state index >= 15 is 0 Å². The van der Waals surface area contributed by atoms with Crippen LogP contribution >= 0.6 is 27.3 Å². The molecule has 0 fully saturated rings. The van der Waals surface area contributed by atoms with Gasteiger partial charge < -0.3 is 10.1 Å². The van der Waals surface area contributed by atoms with Crippen molar-refractivity contribution < 1.29 is 9.53 Å². The standard InChI is InChI=1S/C29H24BrN3O3S/c1-3-36-25-15-14-22(30)16-21(25)17-26-28(35)33(23-12-8-5-9-13-23)29(37-26)24(18-31)27(34)32-19(2)20-10-6-4-7-11-20/h4-17,19H,3H2,1-2H3,(H,32,34)/b26-17+,29-24-/t19-/m1/s1. The van der Waals surface area contributed by atoms with Gasteiger partial charge >= 0.3 is 0 Å². The summed E-state index contributed by atoms with van der Waals surface area (Å²) in [6, 6.07) is 25.7. The van der Waals surface area contributed by atoms with Crippen molar-refractivity contribution in [2.45, 2.75) is 19.9 Å². The number of amides is 1. The lowest BCUT2D eigenvalue weighted by Gasteiger charge is -2.13. The number of ether oxygens (including phenoxy) is 1. The van der Waals surface area contributed by atoms with Gasteiger partial charge in [-0.1, -0.05) is 64.5 Å². The van der Waals surface area contributed by atoms with Gasteiger partial charge in [0.05, 0.1) is 22.9 Å². The third kappa shape index (κ3) is 5.91. The summed E-state index contributed by atoms with van der Waals surface area (Å²) in [5, 5.41) is 12.9. The number of aromatic nitrogens is 1. The maximum Gasteiger partial charge on any atom is 0.273 e. The van der Waals surface area contributed by atoms with E-state index in [1.807, 2.05) is 74.5 Å². The maximum absolute atomic E-state index is 13.7. The second kappa shape index (κ2) is 11.9. The molecule has 1 atom stereocenters. The van der Waals surface area contributed by atoms with Crippen LogP contribution in [0.2, 0.25) is 0 Å². The Morgan fingerprint density at radius 1 is 1.14 bits per heavy atom. The summed E-state index contributed by atoms with van der Waals surface area (Å²) in [6.07, 6.45) is 1.73. The summed E-state index contributed by atoms with van der Waals surface area (Å²) in [6.45, 7) is 4.21. The minimum atomic E-state index is -0.547. The molecule has 4 aromatic rings. The molecule has 0 bridgehead atoms. The normalized spacial score (nSPS) is 13.0. The molecular weight excluding hydrogens is 550 g/mol. The van der Waals surface area contributed by atoms with Crippen LogP contribution in [0.4, 0.5) is 0 Å². The lowest BCUT2D eigenvalue weighted by atomic mass is 10.1. The molecule has 186 valence electrons. The van der Waals surface area contributed by atoms with Gasteiger partial charge in [-0.15, -0.1) is 11.3 Å². The van der Waals surface area contributed by atoms with Gasteiger partial charge in [-0.05, 0) is 55.8 Å². The Balaban J connectivity index is 1.93. The number of benzene rings is 3. The minimum absolute atomic E-state index is 0.132. The molecule has 0 unspecified atom stereocenters. The molecule has 8 heteroatoms. The molecule has 1 amide bonds. The molecule has 0 saturated carbocycles. The quantitative estimate of drug-likeness (QED) is 0.354. The highest BCUT2D eigenvalue weighted by atomic mass is 79.9. The minimum Gasteiger partial charge on any atom is -0.493 e. The highest BCUT2D eigenvalue weighted by Gasteiger charge is 2.19. The summed E-state index contributed by atoms with van der Waals surface area (Å²) in [7, 11) is 0. The first-order valence-electron chi connectivity index (χ1n) is 11.6. The average Bonchev–Trinajstić information content (AvgIpc) is 3.22. The number of carbonyl (C=O) groups excluding carboxylic acids is 1. The number of nitrogens with one attached hydrogen (secondary N) is 1. The van der Waals surface area contributed by atoms with Crippen LogP contribution in [-0.2, 0) is 4.79 Å². The smallest absolute Gasteiger partial charge is 0.273 e. The van der Waals surface area contributed by atoms with Gasteiger partial charge in [0.1, 0.15) is 16.5 Å². The van der Waals surface area contributed by atoms with Gasteiger partial charge in [0.25, 0.3) is 11.5 Å². The number of nitriles is 1. The second-order valence-electron chi connectivity index (χ2n) is 8.10. The fourth-order valence-corrected chi connectivity index (χ4v) is 5.28. The van der Waals surface area contributed by atoms with Crippen LogP contribution in [0.1, 0.15) is 31.0 Å². The highest BCUT2D eigenvalue weighted by Crippen LogP contribution is 2.24. The summed E-state index contributed by atoms with van der Waals surface area (Å²) in [5.41, 5.74) is 1.72. The van der Waals surface area contributed by atoms with Crippen LogP contribution in [0.5, 0.6) is 5.75 Å². The van der Waals surface area contributed by atoms with Crippen molar-refractivity contribution in [2.24, 2.45) is 0 Å². The van der Waals surface area contributed by atoms with Crippen LogP contribution in [-0.4, -0.2) is 17.1 Å². The van der Waals surface area contributed by atoms with Gasteiger partial charge in [-0.25, -0.2) is 0 Å². The fraction of sp³-hybridized carbons (Fsp3) is 0.138. The van der Waals surface area contributed by atoms with E-state index in [0.29, 0.717) is 28.1 Å². The molecule has 37 heavy (non-hydrogen) atoms. The topological polar surface area (TPSA) is 84.1 Å². The van der Waals surface area contributed by atoms with Crippen LogP contribution in [0, 0.1) is 11.3 Å². The monoisotopic (exact) mass is 573 g/mol. The molecule has 1 heterocycles. The Labute approximate surface area is 226 Å². The van der Waals surface area contributed by atoms with Gasteiger partial charge in [0.15, 0.2) is 5.57 Å². The number of halogens is 1. The zero-order valence-electron chi connectivity index (χ0n) is 20.3. The summed E-state index contributed by atoms with van der Waals surface area (Å²) < 4.78 is 8.62. The van der Waals surface area contributed by atoms with Crippen molar-refractivity contribution in [1.82, 2.24) is 9.88 Å². The third-order valence-electron chi connectivity index (χ3n) is 5.60. The Kier molecular flexibility index (Phi) is 8.39. The Hall–Kier alpha value is -3.93. The van der Waals surface area contributed by atoms with Crippen molar-refractivity contribution in [1.29, 1.82) is 5.26 Å². The molecular formula is C29H24BrN3O3S. The number of para-hydroxylation sites is 1. The van der Waals surface area contributed by atoms with E-state index in [2.05, 4.69) is 21.2 Å². The first-order chi connectivity index (χ1) is 17.9. The van der Waals surface area contributed by atoms with Crippen LogP contribution < -0.4 is 24.8 Å². The summed E-state index contributed by atoms with van der Waals surface area (Å²) in [5.74, 6) is 0.0824. The molecule has 4 rings (SSSR count). The fourth-order valence-electron chi connectivity index (χ4n) is 3.81. The molecule has 0 radical (unpaired) electrons. The van der Waals surface area contributed by atoms with Crippen molar-refractivity contribution >= 4 is 44.8 Å². The van der Waals surface area contributed by atoms with Crippen LogP contribution in [0.3, 0.4) is 0 Å². The van der Waals surface area contributed by atoms with Crippen molar-refractivity contribution in [2.75, 3.05) is 6.61 Å². The number of hydrogen-bond donors (Lipinski definition) is 1. The van der Waals surface area contributed by atoms with E-state index in [1.54, 1.807) is 30.3 Å². The second-order valence-corrected chi connectivity index (χ2v) is 10.0. The number of thiazole rings is 1. The number of nitrogens with zero attached hydrogens (tertiary/aromatic N) is 2. The van der Waals surface area contributed by atoms with E-state index in [1.165, 1.54) is 4.57 Å². The average molecular weight is 575 g/mol. The molecule has 3 aromatic carbocycles. The molecule has 6 nitrogen and oxygen atoms in total. The lowest BCUT2D eigenvalue weighted by molar-refractivity contribution is -0.116. The first-order valence-corrected chi connectivity index (χ1v) is 13.3. The molecule has 1 aromatic heterocycles. The Morgan fingerprint density at radius 3 is 2.46 bits per heavy atom. The van der Waals surface area contributed by atoms with E-state index in [0.717, 1.165) is 21.4 Å². The maximum atomic E-state index is 13.7. The Bertz CT molecular complexity index is 1640. The Morgan fingerprint density at radius 2 is 1.81 bits per heavy atom. The molecule has 0 spiro atoms. The summed E-state index contributed by atoms with van der Waals surface area (Å²) in [4.78, 5) is 27.0. The third-order valence-corrected chi connectivity index (χ3v) is 7.18. The number of rotatable bonds is 7. The predicted molar refractivity (Wildman–Crippen MR) is 150 cm³/mol. The van der Waals surface area contributed by atoms with E-state index in [4.69, 9.17) is 4.74 Å². The van der Waals surface area contributed by atoms with Crippen molar-refractivity contribution in [3.8, 4) is 17.5 Å². The number of carbonyl (C=O) groups is 1. The predicted octanol–water partition coefficient (Wildman–Crippen LogP) is 4.44. The molecule has 0 aliphatic carbocycles. The van der Waals surface area contributed by atoms with E-state index in [-0.39, 0.29) is 21.8 Å². The van der Waals surface area contributed by atoms with Crippen molar-refractivity contribution in [3.63, 3.8) is 0 Å². The van der Waals surface area contributed by atoms with E-state index in [9.17, 15) is 14.9 Å². The lowest BCUT2D eigenvalue weighted by Crippen LogP contribution is -2.34. The van der Waals surface area contributed by atoms with Crippen molar-refractivity contribution in [3.05, 3.63) is 114 Å². The van der Waals surface area contributed by atoms with Gasteiger partial charge in [-0.3, -0.25) is 14.2 Å². The van der Waals surface area contributed by atoms with E-state index < -0.39 is 5.91 Å². The first kappa shape index (κ1) is 26.1.